The minimum atomic E-state index is -1.03. The number of aliphatic carboxylic acids is 1. The Morgan fingerprint density at radius 1 is 1.02 bits per heavy atom. The number of benzene rings is 1. The number of carbonyl (C=O) groups is 1. The van der Waals surface area contributed by atoms with E-state index in [1.165, 1.54) is 6.07 Å². The topological polar surface area (TPSA) is 90.9 Å². The Hall–Kier alpha value is -3.63. The number of nitrogens with zero attached hydrogens (tertiary/aromatic N) is 4. The lowest BCUT2D eigenvalue weighted by atomic mass is 9.91. The Morgan fingerprint density at radius 2 is 1.79 bits per heavy atom. The summed E-state index contributed by atoms with van der Waals surface area (Å²) < 4.78 is 40.8. The van der Waals surface area contributed by atoms with E-state index < -0.39 is 23.5 Å². The number of hydrogen-bond acceptors (Lipinski definition) is 8. The number of rotatable bonds is 8. The summed E-state index contributed by atoms with van der Waals surface area (Å²) in [6, 6.07) is 11.9. The molecule has 0 saturated carbocycles. The summed E-state index contributed by atoms with van der Waals surface area (Å²) >= 11 is 0. The highest BCUT2D eigenvalue weighted by atomic mass is 19.1. The second-order valence-electron chi connectivity index (χ2n) is 11.5. The monoisotopic (exact) mass is 577 g/mol. The zero-order valence-electron chi connectivity index (χ0n) is 23.7. The first-order chi connectivity index (χ1) is 20.4. The summed E-state index contributed by atoms with van der Waals surface area (Å²) in [7, 11) is 0. The lowest BCUT2D eigenvalue weighted by Gasteiger charge is -2.41. The van der Waals surface area contributed by atoms with Crippen molar-refractivity contribution >= 4 is 11.8 Å². The van der Waals surface area contributed by atoms with Gasteiger partial charge in [-0.2, -0.15) is 0 Å². The van der Waals surface area contributed by atoms with Crippen molar-refractivity contribution in [3.63, 3.8) is 0 Å². The van der Waals surface area contributed by atoms with E-state index in [0.717, 1.165) is 62.2 Å². The number of carbonyl (C=O) groups excluding carboxylic acids is 1. The lowest BCUT2D eigenvalue weighted by Crippen LogP contribution is -2.51. The van der Waals surface area contributed by atoms with Gasteiger partial charge in [0.1, 0.15) is 18.2 Å². The number of anilines is 1. The summed E-state index contributed by atoms with van der Waals surface area (Å²) in [5.74, 6) is -2.10. The van der Waals surface area contributed by atoms with Gasteiger partial charge in [0, 0.05) is 59.5 Å². The van der Waals surface area contributed by atoms with Gasteiger partial charge in [-0.25, -0.2) is 13.8 Å². The van der Waals surface area contributed by atoms with Gasteiger partial charge in [0.05, 0.1) is 24.9 Å². The SMILES string of the molecule is Cc1nc(C2CCN(C3COC3)CC2)ccc1COc1c(F)cc(F)cc1-c1cccc(N2CCC(C(=O)[O-])CC2)n1. The first-order valence-corrected chi connectivity index (χ1v) is 14.7. The number of aryl methyl sites for hydroxylation is 1. The van der Waals surface area contributed by atoms with Crippen LogP contribution in [0.2, 0.25) is 0 Å². The molecule has 222 valence electrons. The lowest BCUT2D eigenvalue weighted by molar-refractivity contribution is -0.312. The van der Waals surface area contributed by atoms with Gasteiger partial charge >= 0.3 is 0 Å². The maximum atomic E-state index is 15.1. The fourth-order valence-corrected chi connectivity index (χ4v) is 6.12. The molecule has 1 aromatic carbocycles. The van der Waals surface area contributed by atoms with Crippen molar-refractivity contribution in [1.29, 1.82) is 0 Å². The highest BCUT2D eigenvalue weighted by Gasteiger charge is 2.30. The quantitative estimate of drug-likeness (QED) is 0.399. The van der Waals surface area contributed by atoms with Crippen molar-refractivity contribution in [2.45, 2.75) is 51.2 Å². The van der Waals surface area contributed by atoms with Crippen LogP contribution in [0.1, 0.15) is 48.6 Å². The fourth-order valence-electron chi connectivity index (χ4n) is 6.12. The number of piperidine rings is 2. The Labute approximate surface area is 244 Å². The summed E-state index contributed by atoms with van der Waals surface area (Å²) in [6.07, 6.45) is 3.03. The number of aromatic nitrogens is 2. The van der Waals surface area contributed by atoms with Crippen molar-refractivity contribution in [3.8, 4) is 17.0 Å². The molecule has 3 fully saturated rings. The summed E-state index contributed by atoms with van der Waals surface area (Å²) in [5.41, 5.74) is 3.30. The maximum absolute atomic E-state index is 15.1. The van der Waals surface area contributed by atoms with Gasteiger partial charge in [0.15, 0.2) is 11.6 Å². The van der Waals surface area contributed by atoms with E-state index in [9.17, 15) is 14.3 Å². The predicted molar refractivity (Wildman–Crippen MR) is 151 cm³/mol. The molecular formula is C32H35F2N4O4-. The summed E-state index contributed by atoms with van der Waals surface area (Å²) in [5, 5.41) is 11.2. The molecule has 42 heavy (non-hydrogen) atoms. The molecule has 3 aliphatic heterocycles. The van der Waals surface area contributed by atoms with E-state index in [2.05, 4.69) is 9.88 Å². The first kappa shape index (κ1) is 28.5. The molecule has 10 heteroatoms. The van der Waals surface area contributed by atoms with Crippen LogP contribution < -0.4 is 14.7 Å². The zero-order valence-corrected chi connectivity index (χ0v) is 23.7. The molecule has 3 aromatic rings. The molecule has 0 spiro atoms. The highest BCUT2D eigenvalue weighted by Crippen LogP contribution is 2.35. The van der Waals surface area contributed by atoms with Crippen molar-refractivity contribution in [2.75, 3.05) is 44.3 Å². The van der Waals surface area contributed by atoms with Gasteiger partial charge in [-0.05, 0) is 70.0 Å². The van der Waals surface area contributed by atoms with Crippen LogP contribution in [0.4, 0.5) is 14.6 Å². The normalized spacial score (nSPS) is 19.1. The Morgan fingerprint density at radius 3 is 2.45 bits per heavy atom. The number of carboxylic acid groups (broad SMARTS) is 1. The van der Waals surface area contributed by atoms with Crippen LogP contribution >= 0.6 is 0 Å². The van der Waals surface area contributed by atoms with Crippen LogP contribution in [0.15, 0.2) is 42.5 Å². The van der Waals surface area contributed by atoms with Crippen molar-refractivity contribution in [2.24, 2.45) is 5.92 Å². The molecular weight excluding hydrogens is 542 g/mol. The van der Waals surface area contributed by atoms with Crippen molar-refractivity contribution in [3.05, 3.63) is 71.1 Å². The Bertz CT molecular complexity index is 1430. The number of halogens is 2. The average molecular weight is 578 g/mol. The molecule has 0 radical (unpaired) electrons. The second-order valence-corrected chi connectivity index (χ2v) is 11.5. The minimum Gasteiger partial charge on any atom is -0.550 e. The minimum absolute atomic E-state index is 0.0746. The number of carboxylic acids is 1. The van der Waals surface area contributed by atoms with E-state index in [0.29, 0.717) is 49.4 Å². The van der Waals surface area contributed by atoms with Gasteiger partial charge in [-0.3, -0.25) is 9.88 Å². The average Bonchev–Trinajstić information content (AvgIpc) is 2.96. The molecule has 0 aliphatic carbocycles. The molecule has 0 bridgehead atoms. The van der Waals surface area contributed by atoms with Gasteiger partial charge in [0.2, 0.25) is 0 Å². The second kappa shape index (κ2) is 12.3. The largest absolute Gasteiger partial charge is 0.550 e. The standard InChI is InChI=1S/C32H36F2N4O4/c1-20-23(5-6-28(35-20)21-7-11-37(12-8-21)25-18-41-19-25)17-42-31-26(15-24(33)16-27(31)34)29-3-2-4-30(36-29)38-13-9-22(10-14-38)32(39)40/h2-6,15-16,21-22,25H,7-14,17-19H2,1H3,(H,39,40)/p-1. The number of pyridine rings is 2. The molecule has 2 aromatic heterocycles. The fraction of sp³-hybridized carbons (Fsp3) is 0.469. The van der Waals surface area contributed by atoms with Crippen LogP contribution in [0.5, 0.6) is 5.75 Å². The Kier molecular flexibility index (Phi) is 8.35. The van der Waals surface area contributed by atoms with E-state index in [-0.39, 0.29) is 17.9 Å². The highest BCUT2D eigenvalue weighted by molar-refractivity contribution is 5.70. The van der Waals surface area contributed by atoms with Crippen LogP contribution in [0.25, 0.3) is 11.3 Å². The molecule has 3 saturated heterocycles. The van der Waals surface area contributed by atoms with Crippen LogP contribution in [0, 0.1) is 24.5 Å². The van der Waals surface area contributed by atoms with Crippen LogP contribution in [-0.2, 0) is 16.1 Å². The molecule has 5 heterocycles. The number of hydrogen-bond donors (Lipinski definition) is 0. The predicted octanol–water partition coefficient (Wildman–Crippen LogP) is 3.85. The first-order valence-electron chi connectivity index (χ1n) is 14.7. The van der Waals surface area contributed by atoms with E-state index in [1.807, 2.05) is 24.0 Å². The maximum Gasteiger partial charge on any atom is 0.168 e. The molecule has 3 aliphatic rings. The summed E-state index contributed by atoms with van der Waals surface area (Å²) in [6.45, 7) is 6.78. The molecule has 0 amide bonds. The van der Waals surface area contributed by atoms with Gasteiger partial charge in [0.25, 0.3) is 0 Å². The molecule has 0 atom stereocenters. The zero-order chi connectivity index (χ0) is 29.2. The summed E-state index contributed by atoms with van der Waals surface area (Å²) in [4.78, 5) is 25.2. The third-order valence-electron chi connectivity index (χ3n) is 8.84. The van der Waals surface area contributed by atoms with E-state index >= 15 is 4.39 Å². The third-order valence-corrected chi connectivity index (χ3v) is 8.84. The smallest absolute Gasteiger partial charge is 0.168 e. The van der Waals surface area contributed by atoms with Crippen molar-refractivity contribution < 1.29 is 28.2 Å². The molecule has 8 nitrogen and oxygen atoms in total. The van der Waals surface area contributed by atoms with Gasteiger partial charge < -0.3 is 24.3 Å². The molecule has 0 N–H and O–H groups in total. The molecule has 0 unspecified atom stereocenters. The molecule has 6 rings (SSSR count). The number of likely N-dealkylation sites (tertiary alicyclic amines) is 1. The number of ether oxygens (including phenoxy) is 2. The van der Waals surface area contributed by atoms with E-state index in [4.69, 9.17) is 14.5 Å². The van der Waals surface area contributed by atoms with Crippen LogP contribution in [-0.4, -0.2) is 66.3 Å². The van der Waals surface area contributed by atoms with E-state index in [1.54, 1.807) is 18.2 Å². The van der Waals surface area contributed by atoms with Gasteiger partial charge in [-0.15, -0.1) is 0 Å². The van der Waals surface area contributed by atoms with Crippen molar-refractivity contribution in [1.82, 2.24) is 14.9 Å². The Balaban J connectivity index is 1.15. The van der Waals surface area contributed by atoms with Gasteiger partial charge in [-0.1, -0.05) is 12.1 Å². The van der Waals surface area contributed by atoms with Crippen LogP contribution in [0.3, 0.4) is 0 Å². The third kappa shape index (κ3) is 6.10.